The standard InChI is InChI=1S/3O.2Pu/q3*-2;;. The van der Waals surface area contributed by atoms with Gasteiger partial charge in [0, 0.05) is 58.3 Å². The smallest absolute Gasteiger partial charge is 0 e. The normalized spacial score (nSPS) is 0. The van der Waals surface area contributed by atoms with Gasteiger partial charge in [-0.05, 0) is 0 Å². The number of hydrogen-bond acceptors (Lipinski definition) is 0. The van der Waals surface area contributed by atoms with Crippen LogP contribution in [0.15, 0.2) is 0 Å². The summed E-state index contributed by atoms with van der Waals surface area (Å²) in [6.07, 6.45) is 0. The first-order chi connectivity index (χ1) is 0. The molecular formula is O3Pu2-6. The fraction of sp³-hybridized carbons (Fsp3) is 0. The van der Waals surface area contributed by atoms with Gasteiger partial charge in [-0.2, -0.15) is 0 Å². The maximum atomic E-state index is 0. The van der Waals surface area contributed by atoms with E-state index in [1.165, 1.54) is 0 Å². The summed E-state index contributed by atoms with van der Waals surface area (Å²) in [6, 6.07) is 0. The van der Waals surface area contributed by atoms with E-state index in [9.17, 15) is 0 Å². The molecule has 0 atom stereocenters. The number of hydrogen-bond donors (Lipinski definition) is 0. The van der Waals surface area contributed by atoms with Gasteiger partial charge in [0.15, 0.2) is 0 Å². The Balaban J connectivity index is 0. The molecule has 36 valence electrons. The Morgan fingerprint density at radius 3 is 0.400 bits per heavy atom. The largest absolute Gasteiger partial charge is 2.00 e. The van der Waals surface area contributed by atoms with Gasteiger partial charge in [-0.3, -0.25) is 0 Å². The van der Waals surface area contributed by atoms with Crippen LogP contribution in [0.3, 0.4) is 0 Å². The van der Waals surface area contributed by atoms with Gasteiger partial charge >= 0.3 is 0 Å². The summed E-state index contributed by atoms with van der Waals surface area (Å²) in [7, 11) is 0. The molecule has 0 aliphatic heterocycles. The van der Waals surface area contributed by atoms with Gasteiger partial charge in [0.2, 0.25) is 0 Å². The van der Waals surface area contributed by atoms with E-state index in [1.807, 2.05) is 0 Å². The summed E-state index contributed by atoms with van der Waals surface area (Å²) in [5.41, 5.74) is 0. The van der Waals surface area contributed by atoms with Crippen LogP contribution in [-0.2, 0) is 16.4 Å². The van der Waals surface area contributed by atoms with Crippen LogP contribution in [0.4, 0.5) is 0 Å². The van der Waals surface area contributed by atoms with Gasteiger partial charge < -0.3 is 16.4 Å². The van der Waals surface area contributed by atoms with Crippen LogP contribution < -0.4 is 0 Å². The summed E-state index contributed by atoms with van der Waals surface area (Å²) in [5, 5.41) is 0. The Morgan fingerprint density at radius 2 is 0.400 bits per heavy atom. The Morgan fingerprint density at radius 1 is 0.400 bits per heavy atom. The Labute approximate surface area is 73.9 Å². The molecule has 0 heterocycles. The van der Waals surface area contributed by atoms with E-state index in [-0.39, 0.29) is 74.8 Å². The third-order valence-corrected chi connectivity index (χ3v) is 0. The van der Waals surface area contributed by atoms with E-state index in [0.717, 1.165) is 0 Å². The molecule has 0 aromatic heterocycles. The molecule has 0 rings (SSSR count). The minimum atomic E-state index is 0. The van der Waals surface area contributed by atoms with E-state index in [0.29, 0.717) is 0 Å². The molecule has 0 aliphatic rings. The topological polar surface area (TPSA) is 85.5 Å². The third-order valence-electron chi connectivity index (χ3n) is 0. The molecule has 0 N–H and O–H groups in total. The first-order valence-electron chi connectivity index (χ1n) is 0. The summed E-state index contributed by atoms with van der Waals surface area (Å²) in [4.78, 5) is 0. The van der Waals surface area contributed by atoms with Crippen molar-refractivity contribution in [2.24, 2.45) is 0 Å². The van der Waals surface area contributed by atoms with Crippen molar-refractivity contribution in [2.45, 2.75) is 0 Å². The van der Waals surface area contributed by atoms with Gasteiger partial charge in [0.25, 0.3) is 0 Å². The first kappa shape index (κ1) is 68.3. The van der Waals surface area contributed by atoms with Crippen LogP contribution in [0.2, 0.25) is 0 Å². The van der Waals surface area contributed by atoms with Crippen molar-refractivity contribution in [3.63, 3.8) is 0 Å². The van der Waals surface area contributed by atoms with Gasteiger partial charge in [-0.1, -0.05) is 0 Å². The van der Waals surface area contributed by atoms with Gasteiger partial charge in [0.05, 0.1) is 0 Å². The predicted molar refractivity (Wildman–Crippen MR) is 2.06 cm³/mol. The van der Waals surface area contributed by atoms with Crippen LogP contribution >= 0.6 is 0 Å². The van der Waals surface area contributed by atoms with Gasteiger partial charge in [0.1, 0.15) is 0 Å². The molecule has 0 aliphatic carbocycles. The Kier molecular flexibility index (Phi) is 548. The van der Waals surface area contributed by atoms with Crippen LogP contribution in [0, 0.1) is 58.3 Å². The maximum Gasteiger partial charge on any atom is 0 e. The molecule has 0 aromatic carbocycles. The van der Waals surface area contributed by atoms with Crippen molar-refractivity contribution < 1.29 is 74.8 Å². The van der Waals surface area contributed by atoms with Gasteiger partial charge in [-0.25, -0.2) is 0 Å². The second kappa shape index (κ2) is 40.1. The second-order valence-electron chi connectivity index (χ2n) is 0. The zero-order valence-corrected chi connectivity index (χ0v) is 8.84. The summed E-state index contributed by atoms with van der Waals surface area (Å²) in [6.45, 7) is 0. The molecule has 0 saturated carbocycles. The molecule has 0 spiro atoms. The molecule has 5 heteroatoms. The minimum Gasteiger partial charge on any atom is -2.00 e. The van der Waals surface area contributed by atoms with E-state index in [1.54, 1.807) is 0 Å². The molecule has 0 amide bonds. The van der Waals surface area contributed by atoms with Crippen LogP contribution in [-0.4, -0.2) is 0 Å². The van der Waals surface area contributed by atoms with Crippen molar-refractivity contribution in [2.75, 3.05) is 0 Å². The average molecular weight is 536 g/mol. The summed E-state index contributed by atoms with van der Waals surface area (Å²) >= 11 is 0. The van der Waals surface area contributed by atoms with Crippen molar-refractivity contribution in [1.82, 2.24) is 0 Å². The quantitative estimate of drug-likeness (QED) is 0.406. The number of rotatable bonds is 0. The zero-order valence-electron chi connectivity index (χ0n) is 2.04. The molecule has 0 aromatic rings. The zero-order chi connectivity index (χ0) is 0. The Bertz CT molecular complexity index is 4.85. The second-order valence-corrected chi connectivity index (χ2v) is 0. The van der Waals surface area contributed by atoms with Crippen molar-refractivity contribution in [1.29, 1.82) is 0 Å². The monoisotopic (exact) mass is 524 g/mol. The fourth-order valence-electron chi connectivity index (χ4n) is 0. The summed E-state index contributed by atoms with van der Waals surface area (Å²) in [5.74, 6) is 0. The van der Waals surface area contributed by atoms with Crippen molar-refractivity contribution in [3.05, 3.63) is 0 Å². The van der Waals surface area contributed by atoms with Crippen LogP contribution in [0.5, 0.6) is 0 Å². The molecule has 5 heavy (non-hydrogen) atoms. The van der Waals surface area contributed by atoms with E-state index in [4.69, 9.17) is 0 Å². The predicted octanol–water partition coefficient (Wildman–Crippen LogP) is -0.356. The van der Waals surface area contributed by atoms with Crippen molar-refractivity contribution >= 4 is 0 Å². The van der Waals surface area contributed by atoms with Crippen LogP contribution in [0.25, 0.3) is 0 Å². The molecule has 0 bridgehead atoms. The molecule has 0 unspecified atom stereocenters. The molecule has 0 fully saturated rings. The van der Waals surface area contributed by atoms with E-state index < -0.39 is 0 Å². The summed E-state index contributed by atoms with van der Waals surface area (Å²) < 4.78 is 0. The molecule has 0 radical (unpaired) electrons. The minimum absolute atomic E-state index is 0. The molecular weight excluding hydrogens is 536 g/mol. The third kappa shape index (κ3) is 25.3. The van der Waals surface area contributed by atoms with E-state index >= 15 is 0 Å². The SMILES string of the molecule is [O-2].[O-2].[O-2].[Pu].[Pu]. The maximum absolute atomic E-state index is 0. The molecule has 0 saturated heterocycles. The van der Waals surface area contributed by atoms with Gasteiger partial charge in [-0.15, -0.1) is 0 Å². The fourth-order valence-corrected chi connectivity index (χ4v) is 0. The van der Waals surface area contributed by atoms with Crippen LogP contribution in [0.1, 0.15) is 0 Å². The average Bonchev–Trinajstić information content (AvgIpc) is 0. The van der Waals surface area contributed by atoms with E-state index in [2.05, 4.69) is 0 Å². The first-order valence-corrected chi connectivity index (χ1v) is 0. The molecule has 3 nitrogen and oxygen atoms in total. The Hall–Kier alpha value is 1.85. The van der Waals surface area contributed by atoms with Crippen molar-refractivity contribution in [3.8, 4) is 0 Å².